The van der Waals surface area contributed by atoms with Gasteiger partial charge in [0.1, 0.15) is 5.54 Å². The van der Waals surface area contributed by atoms with E-state index in [9.17, 15) is 14.4 Å². The summed E-state index contributed by atoms with van der Waals surface area (Å²) in [6.45, 7) is 0.944. The molecule has 0 radical (unpaired) electrons. The standard InChI is InChI=1S/C19H18ClN3O4/c20-14-5-3-13(4-6-14)12-23-17(25)19(21-18(23)26)7-9-22(10-8-19)16(24)15-2-1-11-27-15/h1-6,11H,7-10,12H2,(H,21,26). The van der Waals surface area contributed by atoms with Crippen molar-refractivity contribution in [3.8, 4) is 0 Å². The third kappa shape index (κ3) is 3.19. The van der Waals surface area contributed by atoms with Crippen LogP contribution in [-0.4, -0.2) is 46.3 Å². The Hall–Kier alpha value is -2.80. The van der Waals surface area contributed by atoms with Crippen LogP contribution in [0.3, 0.4) is 0 Å². The third-order valence-corrected chi connectivity index (χ3v) is 5.39. The zero-order valence-electron chi connectivity index (χ0n) is 14.5. The molecule has 0 bridgehead atoms. The van der Waals surface area contributed by atoms with Gasteiger partial charge in [-0.2, -0.15) is 0 Å². The van der Waals surface area contributed by atoms with Gasteiger partial charge in [-0.3, -0.25) is 14.5 Å². The predicted octanol–water partition coefficient (Wildman–Crippen LogP) is 2.66. The van der Waals surface area contributed by atoms with Crippen molar-refractivity contribution in [3.05, 3.63) is 59.0 Å². The summed E-state index contributed by atoms with van der Waals surface area (Å²) in [6.07, 6.45) is 2.20. The SMILES string of the molecule is O=C(c1ccco1)N1CCC2(CC1)NC(=O)N(Cc1ccc(Cl)cc1)C2=O. The van der Waals surface area contributed by atoms with Crippen LogP contribution in [0.15, 0.2) is 47.1 Å². The lowest BCUT2D eigenvalue weighted by Crippen LogP contribution is -2.55. The van der Waals surface area contributed by atoms with Crippen LogP contribution in [-0.2, 0) is 11.3 Å². The number of nitrogens with one attached hydrogen (secondary N) is 1. The Kier molecular flexibility index (Phi) is 4.39. The van der Waals surface area contributed by atoms with Gasteiger partial charge in [0.2, 0.25) is 0 Å². The molecule has 2 saturated heterocycles. The van der Waals surface area contributed by atoms with Crippen LogP contribution >= 0.6 is 11.6 Å². The molecule has 1 aromatic heterocycles. The van der Waals surface area contributed by atoms with Crippen LogP contribution in [0, 0.1) is 0 Å². The molecule has 2 fully saturated rings. The fourth-order valence-corrected chi connectivity index (χ4v) is 3.70. The van der Waals surface area contributed by atoms with E-state index in [-0.39, 0.29) is 24.1 Å². The zero-order chi connectivity index (χ0) is 19.0. The van der Waals surface area contributed by atoms with E-state index in [0.29, 0.717) is 31.0 Å². The molecule has 0 unspecified atom stereocenters. The van der Waals surface area contributed by atoms with Crippen LogP contribution in [0.4, 0.5) is 4.79 Å². The molecule has 8 heteroatoms. The summed E-state index contributed by atoms with van der Waals surface area (Å²) in [5.74, 6) is -0.172. The monoisotopic (exact) mass is 387 g/mol. The van der Waals surface area contributed by atoms with Crippen molar-refractivity contribution in [1.82, 2.24) is 15.1 Å². The molecule has 27 heavy (non-hydrogen) atoms. The average Bonchev–Trinajstić information content (AvgIpc) is 3.28. The molecular weight excluding hydrogens is 370 g/mol. The average molecular weight is 388 g/mol. The normalized spacial score (nSPS) is 18.9. The highest BCUT2D eigenvalue weighted by atomic mass is 35.5. The molecule has 2 aliphatic rings. The topological polar surface area (TPSA) is 82.9 Å². The zero-order valence-corrected chi connectivity index (χ0v) is 15.2. The van der Waals surface area contributed by atoms with Crippen molar-refractivity contribution in [2.45, 2.75) is 24.9 Å². The Morgan fingerprint density at radius 3 is 2.48 bits per heavy atom. The van der Waals surface area contributed by atoms with E-state index < -0.39 is 11.6 Å². The van der Waals surface area contributed by atoms with Gasteiger partial charge < -0.3 is 14.6 Å². The number of furan rings is 1. The Morgan fingerprint density at radius 2 is 1.85 bits per heavy atom. The summed E-state index contributed by atoms with van der Waals surface area (Å²) in [5, 5.41) is 3.44. The number of rotatable bonds is 3. The molecule has 7 nitrogen and oxygen atoms in total. The van der Waals surface area contributed by atoms with Crippen LogP contribution in [0.1, 0.15) is 29.0 Å². The van der Waals surface area contributed by atoms with Crippen molar-refractivity contribution in [3.63, 3.8) is 0 Å². The van der Waals surface area contributed by atoms with Gasteiger partial charge in [-0.25, -0.2) is 4.79 Å². The van der Waals surface area contributed by atoms with Crippen molar-refractivity contribution in [1.29, 1.82) is 0 Å². The molecule has 2 aromatic rings. The van der Waals surface area contributed by atoms with Crippen LogP contribution in [0.2, 0.25) is 5.02 Å². The van der Waals surface area contributed by atoms with Crippen molar-refractivity contribution < 1.29 is 18.8 Å². The van der Waals surface area contributed by atoms with Crippen molar-refractivity contribution >= 4 is 29.4 Å². The van der Waals surface area contributed by atoms with E-state index in [4.69, 9.17) is 16.0 Å². The van der Waals surface area contributed by atoms with E-state index in [1.807, 2.05) is 0 Å². The molecule has 1 spiro atoms. The number of urea groups is 1. The maximum Gasteiger partial charge on any atom is 0.325 e. The molecule has 4 rings (SSSR count). The number of nitrogens with zero attached hydrogens (tertiary/aromatic N) is 2. The van der Waals surface area contributed by atoms with E-state index in [1.54, 1.807) is 41.3 Å². The lowest BCUT2D eigenvalue weighted by Gasteiger charge is -2.36. The first kappa shape index (κ1) is 17.6. The summed E-state index contributed by atoms with van der Waals surface area (Å²) >= 11 is 5.88. The van der Waals surface area contributed by atoms with E-state index in [1.165, 1.54) is 11.2 Å². The van der Waals surface area contributed by atoms with Gasteiger partial charge in [0.25, 0.3) is 11.8 Å². The second kappa shape index (κ2) is 6.74. The fourth-order valence-electron chi connectivity index (χ4n) is 3.58. The molecule has 1 aromatic carbocycles. The Morgan fingerprint density at radius 1 is 1.15 bits per heavy atom. The Labute approximate surface area is 160 Å². The first-order valence-corrected chi connectivity index (χ1v) is 9.08. The van der Waals surface area contributed by atoms with Crippen LogP contribution < -0.4 is 5.32 Å². The first-order valence-electron chi connectivity index (χ1n) is 8.70. The van der Waals surface area contributed by atoms with Gasteiger partial charge in [0.05, 0.1) is 12.8 Å². The van der Waals surface area contributed by atoms with Gasteiger partial charge in [0, 0.05) is 18.1 Å². The smallest absolute Gasteiger partial charge is 0.325 e. The van der Waals surface area contributed by atoms with Gasteiger partial charge in [-0.15, -0.1) is 0 Å². The molecule has 3 heterocycles. The molecule has 1 N–H and O–H groups in total. The van der Waals surface area contributed by atoms with Gasteiger partial charge >= 0.3 is 6.03 Å². The fraction of sp³-hybridized carbons (Fsp3) is 0.316. The number of carbonyl (C=O) groups is 3. The quantitative estimate of drug-likeness (QED) is 0.821. The predicted molar refractivity (Wildman–Crippen MR) is 97.1 cm³/mol. The first-order chi connectivity index (χ1) is 13.0. The van der Waals surface area contributed by atoms with Crippen molar-refractivity contribution in [2.75, 3.05) is 13.1 Å². The molecule has 2 aliphatic heterocycles. The highest BCUT2D eigenvalue weighted by Gasteiger charge is 2.52. The number of carbonyl (C=O) groups excluding carboxylic acids is 3. The molecular formula is C19H18ClN3O4. The summed E-state index contributed by atoms with van der Waals surface area (Å²) in [6, 6.07) is 9.91. The third-order valence-electron chi connectivity index (χ3n) is 5.14. The second-order valence-electron chi connectivity index (χ2n) is 6.80. The molecule has 4 amide bonds. The van der Waals surface area contributed by atoms with Gasteiger partial charge in [0.15, 0.2) is 5.76 Å². The number of halogens is 1. The molecule has 0 aliphatic carbocycles. The van der Waals surface area contributed by atoms with E-state index in [0.717, 1.165) is 5.56 Å². The minimum absolute atomic E-state index is 0.193. The van der Waals surface area contributed by atoms with Gasteiger partial charge in [-0.05, 0) is 42.7 Å². The van der Waals surface area contributed by atoms with Gasteiger partial charge in [-0.1, -0.05) is 23.7 Å². The highest BCUT2D eigenvalue weighted by Crippen LogP contribution is 2.31. The number of benzene rings is 1. The maximum absolute atomic E-state index is 13.0. The van der Waals surface area contributed by atoms with Crippen molar-refractivity contribution in [2.24, 2.45) is 0 Å². The summed E-state index contributed by atoms with van der Waals surface area (Å²) < 4.78 is 5.15. The summed E-state index contributed by atoms with van der Waals surface area (Å²) in [7, 11) is 0. The van der Waals surface area contributed by atoms with E-state index in [2.05, 4.69) is 5.32 Å². The summed E-state index contributed by atoms with van der Waals surface area (Å²) in [5.41, 5.74) is -0.117. The number of imide groups is 1. The number of amides is 4. The second-order valence-corrected chi connectivity index (χ2v) is 7.24. The maximum atomic E-state index is 13.0. The number of hydrogen-bond acceptors (Lipinski definition) is 4. The largest absolute Gasteiger partial charge is 0.459 e. The van der Waals surface area contributed by atoms with E-state index >= 15 is 0 Å². The lowest BCUT2D eigenvalue weighted by molar-refractivity contribution is -0.133. The number of likely N-dealkylation sites (tertiary alicyclic amines) is 1. The summed E-state index contributed by atoms with van der Waals surface area (Å²) in [4.78, 5) is 40.6. The lowest BCUT2D eigenvalue weighted by atomic mass is 9.87. The number of hydrogen-bond donors (Lipinski definition) is 1. The minimum Gasteiger partial charge on any atom is -0.459 e. The van der Waals surface area contributed by atoms with Crippen LogP contribution in [0.5, 0.6) is 0 Å². The number of piperidine rings is 1. The highest BCUT2D eigenvalue weighted by molar-refractivity contribution is 6.30. The Balaban J connectivity index is 1.44. The molecule has 0 atom stereocenters. The van der Waals surface area contributed by atoms with Crippen LogP contribution in [0.25, 0.3) is 0 Å². The Bertz CT molecular complexity index is 871. The minimum atomic E-state index is -0.941. The molecule has 0 saturated carbocycles. The molecule has 140 valence electrons.